The van der Waals surface area contributed by atoms with Crippen LogP contribution in [-0.2, 0) is 0 Å². The second-order valence-corrected chi connectivity index (χ2v) is 5.49. The standard InChI is InChI=1S/C13H24O2/c1-9(14)5-6-11-10(2)12(15)7-8-13(11,3)4/h9,12,14-15H,5-8H2,1-4H3. The molecule has 0 aromatic heterocycles. The minimum absolute atomic E-state index is 0.193. The minimum Gasteiger partial charge on any atom is -0.393 e. The lowest BCUT2D eigenvalue weighted by Crippen LogP contribution is -2.28. The highest BCUT2D eigenvalue weighted by Crippen LogP contribution is 2.42. The fourth-order valence-corrected chi connectivity index (χ4v) is 2.49. The van der Waals surface area contributed by atoms with E-state index in [-0.39, 0.29) is 17.6 Å². The summed E-state index contributed by atoms with van der Waals surface area (Å²) in [4.78, 5) is 0. The summed E-state index contributed by atoms with van der Waals surface area (Å²) in [5, 5.41) is 19.1. The van der Waals surface area contributed by atoms with Crippen LogP contribution < -0.4 is 0 Å². The van der Waals surface area contributed by atoms with Gasteiger partial charge >= 0.3 is 0 Å². The monoisotopic (exact) mass is 212 g/mol. The first-order valence-corrected chi connectivity index (χ1v) is 5.91. The van der Waals surface area contributed by atoms with Crippen LogP contribution in [0.25, 0.3) is 0 Å². The molecule has 88 valence electrons. The fraction of sp³-hybridized carbons (Fsp3) is 0.846. The summed E-state index contributed by atoms with van der Waals surface area (Å²) in [6.45, 7) is 8.32. The van der Waals surface area contributed by atoms with E-state index in [0.29, 0.717) is 0 Å². The van der Waals surface area contributed by atoms with Crippen LogP contribution in [0.5, 0.6) is 0 Å². The number of rotatable bonds is 3. The van der Waals surface area contributed by atoms with Crippen LogP contribution in [0.15, 0.2) is 11.1 Å². The van der Waals surface area contributed by atoms with Crippen molar-refractivity contribution in [3.05, 3.63) is 11.1 Å². The second-order valence-electron chi connectivity index (χ2n) is 5.49. The molecule has 0 fully saturated rings. The topological polar surface area (TPSA) is 40.5 Å². The van der Waals surface area contributed by atoms with E-state index in [9.17, 15) is 10.2 Å². The first kappa shape index (κ1) is 12.7. The zero-order valence-corrected chi connectivity index (χ0v) is 10.4. The van der Waals surface area contributed by atoms with E-state index < -0.39 is 0 Å². The molecular formula is C13H24O2. The summed E-state index contributed by atoms with van der Waals surface area (Å²) >= 11 is 0. The van der Waals surface area contributed by atoms with Crippen molar-refractivity contribution < 1.29 is 10.2 Å². The van der Waals surface area contributed by atoms with Gasteiger partial charge in [-0.25, -0.2) is 0 Å². The summed E-state index contributed by atoms with van der Waals surface area (Å²) in [6, 6.07) is 0. The molecular weight excluding hydrogens is 188 g/mol. The lowest BCUT2D eigenvalue weighted by atomic mass is 9.70. The summed E-state index contributed by atoms with van der Waals surface area (Å²) < 4.78 is 0. The van der Waals surface area contributed by atoms with Crippen molar-refractivity contribution in [2.75, 3.05) is 0 Å². The van der Waals surface area contributed by atoms with Gasteiger partial charge in [-0.15, -0.1) is 0 Å². The first-order valence-electron chi connectivity index (χ1n) is 5.91. The molecule has 0 saturated carbocycles. The molecule has 0 aromatic rings. The van der Waals surface area contributed by atoms with E-state index in [0.717, 1.165) is 31.3 Å². The number of aliphatic hydroxyl groups excluding tert-OH is 2. The van der Waals surface area contributed by atoms with E-state index in [1.807, 2.05) is 13.8 Å². The maximum atomic E-state index is 9.83. The van der Waals surface area contributed by atoms with Gasteiger partial charge in [0.15, 0.2) is 0 Å². The van der Waals surface area contributed by atoms with Gasteiger partial charge in [0.05, 0.1) is 12.2 Å². The third kappa shape index (κ3) is 3.05. The predicted molar refractivity (Wildman–Crippen MR) is 62.6 cm³/mol. The van der Waals surface area contributed by atoms with Crippen LogP contribution in [0.1, 0.15) is 53.4 Å². The quantitative estimate of drug-likeness (QED) is 0.706. The number of hydrogen-bond donors (Lipinski definition) is 2. The summed E-state index contributed by atoms with van der Waals surface area (Å²) in [6.07, 6.45) is 3.11. The predicted octanol–water partition coefficient (Wildman–Crippen LogP) is 2.64. The lowest BCUT2D eigenvalue weighted by Gasteiger charge is -2.37. The number of aliphatic hydroxyl groups is 2. The SMILES string of the molecule is CC1=C(CCC(C)O)C(C)(C)CCC1O. The molecule has 0 heterocycles. The Morgan fingerprint density at radius 2 is 2.07 bits per heavy atom. The van der Waals surface area contributed by atoms with Crippen molar-refractivity contribution in [1.82, 2.24) is 0 Å². The molecule has 15 heavy (non-hydrogen) atoms. The van der Waals surface area contributed by atoms with Crippen molar-refractivity contribution in [1.29, 1.82) is 0 Å². The fourth-order valence-electron chi connectivity index (χ4n) is 2.49. The largest absolute Gasteiger partial charge is 0.393 e. The average Bonchev–Trinajstić information content (AvgIpc) is 2.11. The molecule has 1 rings (SSSR count). The van der Waals surface area contributed by atoms with Gasteiger partial charge in [-0.3, -0.25) is 0 Å². The van der Waals surface area contributed by atoms with Crippen LogP contribution in [0.3, 0.4) is 0 Å². The Kier molecular flexibility index (Phi) is 3.96. The highest BCUT2D eigenvalue weighted by molar-refractivity contribution is 5.25. The zero-order valence-electron chi connectivity index (χ0n) is 10.4. The van der Waals surface area contributed by atoms with Gasteiger partial charge in [0.1, 0.15) is 0 Å². The Morgan fingerprint density at radius 3 is 2.60 bits per heavy atom. The molecule has 2 N–H and O–H groups in total. The van der Waals surface area contributed by atoms with Gasteiger partial charge in [0.25, 0.3) is 0 Å². The molecule has 2 nitrogen and oxygen atoms in total. The van der Waals surface area contributed by atoms with Crippen molar-refractivity contribution >= 4 is 0 Å². The normalized spacial score (nSPS) is 28.0. The molecule has 1 aliphatic rings. The van der Waals surface area contributed by atoms with Gasteiger partial charge < -0.3 is 10.2 Å². The van der Waals surface area contributed by atoms with E-state index in [2.05, 4.69) is 13.8 Å². The zero-order chi connectivity index (χ0) is 11.6. The van der Waals surface area contributed by atoms with Crippen molar-refractivity contribution in [3.8, 4) is 0 Å². The maximum absolute atomic E-state index is 9.83. The Hall–Kier alpha value is -0.340. The van der Waals surface area contributed by atoms with E-state index in [1.54, 1.807) is 0 Å². The van der Waals surface area contributed by atoms with Gasteiger partial charge in [-0.05, 0) is 50.5 Å². The summed E-state index contributed by atoms with van der Waals surface area (Å²) in [5.41, 5.74) is 2.67. The van der Waals surface area contributed by atoms with Gasteiger partial charge in [-0.2, -0.15) is 0 Å². The molecule has 0 radical (unpaired) electrons. The Morgan fingerprint density at radius 1 is 1.47 bits per heavy atom. The molecule has 0 amide bonds. The molecule has 0 bridgehead atoms. The van der Waals surface area contributed by atoms with Gasteiger partial charge in [-0.1, -0.05) is 19.4 Å². The lowest BCUT2D eigenvalue weighted by molar-refractivity contribution is 0.151. The highest BCUT2D eigenvalue weighted by Gasteiger charge is 2.31. The number of hydrogen-bond acceptors (Lipinski definition) is 2. The maximum Gasteiger partial charge on any atom is 0.0750 e. The minimum atomic E-state index is -0.262. The third-order valence-corrected chi connectivity index (χ3v) is 3.65. The molecule has 0 aromatic carbocycles. The second kappa shape index (κ2) is 4.67. The molecule has 0 saturated heterocycles. The van der Waals surface area contributed by atoms with Crippen molar-refractivity contribution in [3.63, 3.8) is 0 Å². The summed E-state index contributed by atoms with van der Waals surface area (Å²) in [5.74, 6) is 0. The smallest absolute Gasteiger partial charge is 0.0750 e. The molecule has 2 unspecified atom stereocenters. The summed E-state index contributed by atoms with van der Waals surface area (Å²) in [7, 11) is 0. The molecule has 2 atom stereocenters. The Balaban J connectivity index is 2.82. The molecule has 0 aliphatic heterocycles. The highest BCUT2D eigenvalue weighted by atomic mass is 16.3. The van der Waals surface area contributed by atoms with Crippen molar-refractivity contribution in [2.24, 2.45) is 5.41 Å². The molecule has 1 aliphatic carbocycles. The Labute approximate surface area is 93.0 Å². The van der Waals surface area contributed by atoms with E-state index >= 15 is 0 Å². The van der Waals surface area contributed by atoms with Gasteiger partial charge in [0.2, 0.25) is 0 Å². The van der Waals surface area contributed by atoms with Crippen LogP contribution in [0.2, 0.25) is 0 Å². The van der Waals surface area contributed by atoms with Crippen LogP contribution in [0.4, 0.5) is 0 Å². The number of allylic oxidation sites excluding steroid dienone is 1. The Bertz CT molecular complexity index is 251. The van der Waals surface area contributed by atoms with Crippen LogP contribution in [0, 0.1) is 5.41 Å². The van der Waals surface area contributed by atoms with E-state index in [1.165, 1.54) is 5.57 Å². The van der Waals surface area contributed by atoms with E-state index in [4.69, 9.17) is 0 Å². The molecule has 0 spiro atoms. The van der Waals surface area contributed by atoms with Crippen LogP contribution in [-0.4, -0.2) is 22.4 Å². The van der Waals surface area contributed by atoms with Crippen molar-refractivity contribution in [2.45, 2.75) is 65.6 Å². The van der Waals surface area contributed by atoms with Gasteiger partial charge in [0, 0.05) is 0 Å². The molecule has 2 heteroatoms. The first-order chi connectivity index (χ1) is 6.84. The average molecular weight is 212 g/mol. The third-order valence-electron chi connectivity index (χ3n) is 3.65. The van der Waals surface area contributed by atoms with Crippen LogP contribution >= 0.6 is 0 Å².